The summed E-state index contributed by atoms with van der Waals surface area (Å²) in [5, 5.41) is 7.72. The molecule has 3 aromatic rings. The Balaban J connectivity index is 2.23. The first-order valence-electron chi connectivity index (χ1n) is 7.50. The zero-order valence-electron chi connectivity index (χ0n) is 11.8. The van der Waals surface area contributed by atoms with E-state index in [9.17, 15) is 0 Å². The van der Waals surface area contributed by atoms with Crippen LogP contribution in [0.15, 0.2) is 42.5 Å². The first-order chi connectivity index (χ1) is 9.90. The highest BCUT2D eigenvalue weighted by molar-refractivity contribution is 6.09. The van der Waals surface area contributed by atoms with Gasteiger partial charge in [0.25, 0.3) is 5.82 Å². The number of hydrogen-bond donors (Lipinski definition) is 1. The standard InChI is InChI=1S/C18H18N2/c1-2-6-13-7-5-10-16-17(13)14-8-3-4-9-15(14)18-19-11-12-20(16)18/h3-5,7-10H,2,6,11-12H2,1H3/p+1. The van der Waals surface area contributed by atoms with Crippen molar-refractivity contribution in [2.45, 2.75) is 26.3 Å². The summed E-state index contributed by atoms with van der Waals surface area (Å²) >= 11 is 0. The lowest BCUT2D eigenvalue weighted by Crippen LogP contribution is -2.32. The Morgan fingerprint density at radius 3 is 2.75 bits per heavy atom. The normalized spacial score (nSPS) is 13.7. The fourth-order valence-corrected chi connectivity index (χ4v) is 3.48. The third-order valence-electron chi connectivity index (χ3n) is 4.29. The minimum atomic E-state index is 1.03. The molecule has 0 unspecified atom stereocenters. The van der Waals surface area contributed by atoms with E-state index in [0.717, 1.165) is 19.5 Å². The predicted octanol–water partition coefficient (Wildman–Crippen LogP) is 3.66. The summed E-state index contributed by atoms with van der Waals surface area (Å²) in [5.41, 5.74) is 2.85. The molecule has 0 aliphatic carbocycles. The number of rotatable bonds is 2. The van der Waals surface area contributed by atoms with Crippen molar-refractivity contribution in [3.8, 4) is 0 Å². The Labute approximate surface area is 119 Å². The molecule has 0 bridgehead atoms. The Kier molecular flexibility index (Phi) is 2.62. The van der Waals surface area contributed by atoms with Crippen LogP contribution in [0.3, 0.4) is 0 Å². The molecule has 2 heteroatoms. The zero-order valence-corrected chi connectivity index (χ0v) is 11.8. The van der Waals surface area contributed by atoms with Gasteiger partial charge < -0.3 is 0 Å². The van der Waals surface area contributed by atoms with Crippen LogP contribution in [0.4, 0.5) is 5.82 Å². The fourth-order valence-electron chi connectivity index (χ4n) is 3.48. The third kappa shape index (κ3) is 1.54. The van der Waals surface area contributed by atoms with E-state index >= 15 is 0 Å². The van der Waals surface area contributed by atoms with Crippen LogP contribution >= 0.6 is 0 Å². The summed E-state index contributed by atoms with van der Waals surface area (Å²) in [6.45, 7) is 4.34. The van der Waals surface area contributed by atoms with E-state index in [4.69, 9.17) is 0 Å². The number of anilines is 1. The minimum Gasteiger partial charge on any atom is -0.270 e. The topological polar surface area (TPSA) is 15.9 Å². The van der Waals surface area contributed by atoms with Gasteiger partial charge in [0.2, 0.25) is 0 Å². The van der Waals surface area contributed by atoms with E-state index in [-0.39, 0.29) is 0 Å². The van der Waals surface area contributed by atoms with Crippen molar-refractivity contribution in [3.05, 3.63) is 48.0 Å². The summed E-state index contributed by atoms with van der Waals surface area (Å²) in [7, 11) is 0. The number of aromatic nitrogens is 1. The first-order valence-corrected chi connectivity index (χ1v) is 7.50. The molecule has 1 aliphatic heterocycles. The van der Waals surface area contributed by atoms with Crippen LogP contribution in [0.1, 0.15) is 18.9 Å². The number of pyridine rings is 1. The van der Waals surface area contributed by atoms with Crippen molar-refractivity contribution >= 4 is 27.5 Å². The second-order valence-electron chi connectivity index (χ2n) is 5.53. The molecule has 2 aromatic carbocycles. The monoisotopic (exact) mass is 263 g/mol. The highest BCUT2D eigenvalue weighted by Crippen LogP contribution is 2.32. The first kappa shape index (κ1) is 11.7. The smallest absolute Gasteiger partial charge is 0.270 e. The van der Waals surface area contributed by atoms with Gasteiger partial charge in [0.1, 0.15) is 18.6 Å². The number of aryl methyl sites for hydroxylation is 1. The number of nitrogens with zero attached hydrogens (tertiary/aromatic N) is 1. The average Bonchev–Trinajstić information content (AvgIpc) is 2.98. The van der Waals surface area contributed by atoms with Crippen LogP contribution in [0, 0.1) is 0 Å². The molecule has 1 aliphatic rings. The number of nitrogens with one attached hydrogen (secondary N) is 1. The summed E-state index contributed by atoms with van der Waals surface area (Å²) < 4.78 is 2.44. The fraction of sp³-hybridized carbons (Fsp3) is 0.278. The Morgan fingerprint density at radius 1 is 1.05 bits per heavy atom. The molecule has 1 N–H and O–H groups in total. The van der Waals surface area contributed by atoms with Gasteiger partial charge in [0, 0.05) is 10.8 Å². The highest BCUT2D eigenvalue weighted by atomic mass is 15.2. The van der Waals surface area contributed by atoms with Crippen molar-refractivity contribution in [1.29, 1.82) is 0 Å². The summed E-state index contributed by atoms with van der Waals surface area (Å²) in [6.07, 6.45) is 2.33. The van der Waals surface area contributed by atoms with E-state index in [1.165, 1.54) is 39.5 Å². The van der Waals surface area contributed by atoms with Crippen molar-refractivity contribution in [3.63, 3.8) is 0 Å². The van der Waals surface area contributed by atoms with Gasteiger partial charge in [-0.15, -0.1) is 0 Å². The molecule has 0 fully saturated rings. The van der Waals surface area contributed by atoms with E-state index < -0.39 is 0 Å². The van der Waals surface area contributed by atoms with Crippen molar-refractivity contribution in [2.24, 2.45) is 0 Å². The lowest BCUT2D eigenvalue weighted by atomic mass is 9.98. The maximum atomic E-state index is 3.55. The quantitative estimate of drug-likeness (QED) is 0.551. The molecule has 4 rings (SSSR count). The molecular weight excluding hydrogens is 244 g/mol. The average molecular weight is 263 g/mol. The molecule has 2 nitrogen and oxygen atoms in total. The summed E-state index contributed by atoms with van der Waals surface area (Å²) in [4.78, 5) is 0. The Bertz CT molecular complexity index is 805. The molecular formula is C18H19N2+. The highest BCUT2D eigenvalue weighted by Gasteiger charge is 2.25. The van der Waals surface area contributed by atoms with Gasteiger partial charge in [-0.2, -0.15) is 0 Å². The van der Waals surface area contributed by atoms with Crippen LogP contribution in [0.2, 0.25) is 0 Å². The molecule has 0 radical (unpaired) electrons. The maximum absolute atomic E-state index is 3.55. The third-order valence-corrected chi connectivity index (χ3v) is 4.29. The summed E-state index contributed by atoms with van der Waals surface area (Å²) in [6, 6.07) is 15.5. The molecule has 100 valence electrons. The predicted molar refractivity (Wildman–Crippen MR) is 84.1 cm³/mol. The molecule has 20 heavy (non-hydrogen) atoms. The lowest BCUT2D eigenvalue weighted by Gasteiger charge is -2.11. The molecule has 0 saturated carbocycles. The van der Waals surface area contributed by atoms with Gasteiger partial charge in [-0.25, -0.2) is 4.57 Å². The summed E-state index contributed by atoms with van der Waals surface area (Å²) in [5.74, 6) is 1.28. The number of benzene rings is 2. The molecule has 2 heterocycles. The number of fused-ring (bicyclic) bond motifs is 6. The van der Waals surface area contributed by atoms with Gasteiger partial charge in [-0.3, -0.25) is 5.32 Å². The molecule has 0 atom stereocenters. The molecule has 1 aromatic heterocycles. The Hall–Kier alpha value is -2.09. The SMILES string of the molecule is CCCc1cccc2c1c1ccccc1c1[n+]2CCN1. The van der Waals surface area contributed by atoms with Gasteiger partial charge in [-0.1, -0.05) is 43.7 Å². The van der Waals surface area contributed by atoms with E-state index in [2.05, 4.69) is 59.3 Å². The Morgan fingerprint density at radius 2 is 1.90 bits per heavy atom. The zero-order chi connectivity index (χ0) is 13.5. The van der Waals surface area contributed by atoms with Gasteiger partial charge in [0.05, 0.1) is 5.39 Å². The van der Waals surface area contributed by atoms with Crippen LogP contribution in [-0.4, -0.2) is 6.54 Å². The minimum absolute atomic E-state index is 1.03. The van der Waals surface area contributed by atoms with Crippen molar-refractivity contribution < 1.29 is 4.57 Å². The largest absolute Gasteiger partial charge is 0.283 e. The molecule has 0 amide bonds. The van der Waals surface area contributed by atoms with Gasteiger partial charge >= 0.3 is 0 Å². The van der Waals surface area contributed by atoms with Crippen LogP contribution in [-0.2, 0) is 13.0 Å². The maximum Gasteiger partial charge on any atom is 0.283 e. The van der Waals surface area contributed by atoms with E-state index in [0.29, 0.717) is 0 Å². The van der Waals surface area contributed by atoms with Crippen molar-refractivity contribution in [1.82, 2.24) is 0 Å². The molecule has 0 spiro atoms. The van der Waals surface area contributed by atoms with Crippen molar-refractivity contribution in [2.75, 3.05) is 11.9 Å². The lowest BCUT2D eigenvalue weighted by molar-refractivity contribution is -0.643. The van der Waals surface area contributed by atoms with Gasteiger partial charge in [-0.05, 0) is 24.1 Å². The number of hydrogen-bond acceptors (Lipinski definition) is 1. The molecule has 0 saturated heterocycles. The second kappa shape index (κ2) is 4.48. The van der Waals surface area contributed by atoms with Crippen LogP contribution in [0.5, 0.6) is 0 Å². The van der Waals surface area contributed by atoms with E-state index in [1.807, 2.05) is 0 Å². The van der Waals surface area contributed by atoms with E-state index in [1.54, 1.807) is 0 Å². The van der Waals surface area contributed by atoms with Crippen LogP contribution < -0.4 is 9.88 Å². The van der Waals surface area contributed by atoms with Crippen LogP contribution in [0.25, 0.3) is 21.7 Å². The van der Waals surface area contributed by atoms with Gasteiger partial charge in [0.15, 0.2) is 0 Å². The second-order valence-corrected chi connectivity index (χ2v) is 5.53.